The summed E-state index contributed by atoms with van der Waals surface area (Å²) in [6.45, 7) is 1.65. The predicted octanol–water partition coefficient (Wildman–Crippen LogP) is 1.21. The van der Waals surface area contributed by atoms with Gasteiger partial charge in [-0.2, -0.15) is 5.10 Å². The fourth-order valence-electron chi connectivity index (χ4n) is 1.35. The molecule has 8 heteroatoms. The summed E-state index contributed by atoms with van der Waals surface area (Å²) in [7, 11) is 0. The average molecular weight is 250 g/mol. The van der Waals surface area contributed by atoms with E-state index >= 15 is 0 Å². The molecule has 0 unspecified atom stereocenters. The van der Waals surface area contributed by atoms with E-state index in [-0.39, 0.29) is 18.2 Å². The summed E-state index contributed by atoms with van der Waals surface area (Å²) in [6, 6.07) is 0. The maximum atomic E-state index is 11.0. The second kappa shape index (κ2) is 4.70. The molecule has 0 saturated carbocycles. The molecule has 2 N–H and O–H groups in total. The van der Waals surface area contributed by atoms with Crippen LogP contribution in [0, 0.1) is 0 Å². The number of anilines is 1. The Balaban J connectivity index is 2.06. The molecule has 2 rings (SSSR count). The summed E-state index contributed by atoms with van der Waals surface area (Å²) >= 11 is 0. The Morgan fingerprint density at radius 3 is 2.94 bits per heavy atom. The number of nitrogens with zero attached hydrogens (tertiary/aromatic N) is 3. The summed E-state index contributed by atoms with van der Waals surface area (Å²) in [4.78, 5) is 25.3. The van der Waals surface area contributed by atoms with Crippen molar-refractivity contribution in [2.75, 3.05) is 5.32 Å². The molecule has 18 heavy (non-hydrogen) atoms. The number of aromatic nitrogens is 3. The number of nitrogens with one attached hydrogen (secondary N) is 1. The fraction of sp³-hybridized carbons (Fsp3) is 0.200. The van der Waals surface area contributed by atoms with Gasteiger partial charge in [-0.3, -0.25) is 14.8 Å². The first kappa shape index (κ1) is 11.8. The normalized spacial score (nSPS) is 10.3. The van der Waals surface area contributed by atoms with Crippen LogP contribution in [0.15, 0.2) is 23.1 Å². The number of carboxylic acid groups (broad SMARTS) is 1. The molecule has 2 aromatic heterocycles. The lowest BCUT2D eigenvalue weighted by molar-refractivity contribution is 0.0980. The molecule has 0 aromatic carbocycles. The molecule has 0 aliphatic carbocycles. The van der Waals surface area contributed by atoms with E-state index in [2.05, 4.69) is 15.4 Å². The molecule has 0 spiro atoms. The summed E-state index contributed by atoms with van der Waals surface area (Å²) in [5, 5.41) is 14.6. The molecule has 0 atom stereocenters. The van der Waals surface area contributed by atoms with E-state index in [0.717, 1.165) is 0 Å². The van der Waals surface area contributed by atoms with Crippen molar-refractivity contribution in [1.82, 2.24) is 14.8 Å². The van der Waals surface area contributed by atoms with Gasteiger partial charge in [-0.25, -0.2) is 9.78 Å². The van der Waals surface area contributed by atoms with Crippen molar-refractivity contribution in [3.8, 4) is 0 Å². The van der Waals surface area contributed by atoms with Gasteiger partial charge >= 0.3 is 6.09 Å². The van der Waals surface area contributed by atoms with Gasteiger partial charge in [0, 0.05) is 13.1 Å². The Hall–Kier alpha value is -2.64. The van der Waals surface area contributed by atoms with Gasteiger partial charge in [-0.1, -0.05) is 0 Å². The highest BCUT2D eigenvalue weighted by molar-refractivity contribution is 5.89. The zero-order chi connectivity index (χ0) is 13.1. The highest BCUT2D eigenvalue weighted by Crippen LogP contribution is 2.08. The highest BCUT2D eigenvalue weighted by atomic mass is 16.4. The van der Waals surface area contributed by atoms with Gasteiger partial charge in [0.15, 0.2) is 0 Å². The highest BCUT2D eigenvalue weighted by Gasteiger charge is 2.09. The molecule has 8 nitrogen and oxygen atoms in total. The third-order valence-corrected chi connectivity index (χ3v) is 2.06. The van der Waals surface area contributed by atoms with Crippen molar-refractivity contribution in [2.45, 2.75) is 13.5 Å². The first-order valence-corrected chi connectivity index (χ1v) is 5.02. The van der Waals surface area contributed by atoms with Crippen LogP contribution in [0.25, 0.3) is 0 Å². The Bertz CT molecular complexity index is 586. The first-order valence-electron chi connectivity index (χ1n) is 5.02. The van der Waals surface area contributed by atoms with Crippen LogP contribution in [0.1, 0.15) is 23.3 Å². The maximum absolute atomic E-state index is 11.0. The average Bonchev–Trinajstić information content (AvgIpc) is 2.88. The lowest BCUT2D eigenvalue weighted by Crippen LogP contribution is -2.06. The smallest absolute Gasteiger partial charge is 0.409 e. The lowest BCUT2D eigenvalue weighted by Gasteiger charge is -1.96. The standard InChI is InChI=1S/C10H10N4O4/c1-6(15)9-12-8(5-18-9)4-14-3-7(2-11-14)13-10(16)17/h2-3,5,13H,4H2,1H3,(H,16,17). The van der Waals surface area contributed by atoms with E-state index in [1.165, 1.54) is 30.3 Å². The van der Waals surface area contributed by atoms with E-state index in [9.17, 15) is 9.59 Å². The number of amides is 1. The molecule has 1 amide bonds. The molecular formula is C10H10N4O4. The number of hydrogen-bond donors (Lipinski definition) is 2. The van der Waals surface area contributed by atoms with Crippen LogP contribution in [-0.4, -0.2) is 31.7 Å². The molecule has 2 aromatic rings. The summed E-state index contributed by atoms with van der Waals surface area (Å²) in [5.74, 6) is -0.212. The van der Waals surface area contributed by atoms with Gasteiger partial charge in [-0.15, -0.1) is 0 Å². The van der Waals surface area contributed by atoms with Crippen LogP contribution in [0.4, 0.5) is 10.5 Å². The van der Waals surface area contributed by atoms with Crippen molar-refractivity contribution < 1.29 is 19.1 Å². The van der Waals surface area contributed by atoms with Gasteiger partial charge in [0.25, 0.3) is 5.89 Å². The lowest BCUT2D eigenvalue weighted by atomic mass is 10.4. The third kappa shape index (κ3) is 2.73. The fourth-order valence-corrected chi connectivity index (χ4v) is 1.35. The van der Waals surface area contributed by atoms with Crippen LogP contribution in [0.5, 0.6) is 0 Å². The van der Waals surface area contributed by atoms with E-state index < -0.39 is 6.09 Å². The minimum atomic E-state index is -1.16. The summed E-state index contributed by atoms with van der Waals surface area (Å²) in [5.41, 5.74) is 0.892. The topological polar surface area (TPSA) is 110 Å². The molecule has 0 bridgehead atoms. The number of oxazole rings is 1. The predicted molar refractivity (Wildman–Crippen MR) is 59.5 cm³/mol. The summed E-state index contributed by atoms with van der Waals surface area (Å²) < 4.78 is 6.44. The molecule has 2 heterocycles. The van der Waals surface area contributed by atoms with Gasteiger partial charge in [-0.05, 0) is 0 Å². The van der Waals surface area contributed by atoms with Gasteiger partial charge < -0.3 is 9.52 Å². The van der Waals surface area contributed by atoms with Gasteiger partial charge in [0.1, 0.15) is 12.0 Å². The molecular weight excluding hydrogens is 240 g/mol. The van der Waals surface area contributed by atoms with Crippen molar-refractivity contribution in [3.05, 3.63) is 30.2 Å². The second-order valence-electron chi connectivity index (χ2n) is 3.56. The molecule has 0 aliphatic heterocycles. The number of carbonyl (C=O) groups excluding carboxylic acids is 1. The van der Waals surface area contributed by atoms with E-state index in [4.69, 9.17) is 9.52 Å². The van der Waals surface area contributed by atoms with E-state index in [1.807, 2.05) is 0 Å². The van der Waals surface area contributed by atoms with Crippen LogP contribution < -0.4 is 5.32 Å². The SMILES string of the molecule is CC(=O)c1nc(Cn2cc(NC(=O)O)cn2)co1. The van der Waals surface area contributed by atoms with E-state index in [1.54, 1.807) is 0 Å². The Labute approximate surface area is 101 Å². The number of carbonyl (C=O) groups is 2. The molecule has 94 valence electrons. The largest absolute Gasteiger partial charge is 0.465 e. The number of ketones is 1. The molecule has 0 fully saturated rings. The van der Waals surface area contributed by atoms with Crippen molar-refractivity contribution in [1.29, 1.82) is 0 Å². The Kier molecular flexibility index (Phi) is 3.09. The van der Waals surface area contributed by atoms with Crippen molar-refractivity contribution in [2.24, 2.45) is 0 Å². The van der Waals surface area contributed by atoms with E-state index in [0.29, 0.717) is 11.4 Å². The van der Waals surface area contributed by atoms with Crippen LogP contribution in [-0.2, 0) is 6.54 Å². The van der Waals surface area contributed by atoms with Gasteiger partial charge in [0.05, 0.1) is 18.4 Å². The monoisotopic (exact) mass is 250 g/mol. The number of Topliss-reactive ketones (excluding diaryl/α,β-unsaturated/α-hetero) is 1. The quantitative estimate of drug-likeness (QED) is 0.789. The number of rotatable bonds is 4. The zero-order valence-corrected chi connectivity index (χ0v) is 9.45. The van der Waals surface area contributed by atoms with Crippen LogP contribution >= 0.6 is 0 Å². The Morgan fingerprint density at radius 2 is 2.33 bits per heavy atom. The third-order valence-electron chi connectivity index (χ3n) is 2.06. The maximum Gasteiger partial charge on any atom is 0.409 e. The second-order valence-corrected chi connectivity index (χ2v) is 3.56. The minimum Gasteiger partial charge on any atom is -0.465 e. The molecule has 0 aliphatic rings. The van der Waals surface area contributed by atoms with Gasteiger partial charge in [0.2, 0.25) is 5.78 Å². The zero-order valence-electron chi connectivity index (χ0n) is 9.45. The minimum absolute atomic E-state index is 0.0426. The Morgan fingerprint density at radius 1 is 1.56 bits per heavy atom. The molecule has 0 radical (unpaired) electrons. The van der Waals surface area contributed by atoms with Crippen LogP contribution in [0.2, 0.25) is 0 Å². The number of hydrogen-bond acceptors (Lipinski definition) is 5. The molecule has 0 saturated heterocycles. The summed E-state index contributed by atoms with van der Waals surface area (Å²) in [6.07, 6.45) is 3.09. The van der Waals surface area contributed by atoms with Crippen molar-refractivity contribution in [3.63, 3.8) is 0 Å². The first-order chi connectivity index (χ1) is 8.54. The van der Waals surface area contributed by atoms with Crippen molar-refractivity contribution >= 4 is 17.6 Å². The van der Waals surface area contributed by atoms with Crippen LogP contribution in [0.3, 0.4) is 0 Å².